The summed E-state index contributed by atoms with van der Waals surface area (Å²) in [5.74, 6) is 0.158. The minimum absolute atomic E-state index is 0.0897. The number of nitrogens with zero attached hydrogens (tertiary/aromatic N) is 1. The first-order chi connectivity index (χ1) is 10.6. The van der Waals surface area contributed by atoms with Crippen LogP contribution in [0.5, 0.6) is 0 Å². The number of carbonyl (C=O) groups excluding carboxylic acids is 1. The fourth-order valence-corrected chi connectivity index (χ4v) is 3.47. The van der Waals surface area contributed by atoms with Gasteiger partial charge in [-0.15, -0.1) is 0 Å². The van der Waals surface area contributed by atoms with Crippen LogP contribution in [0.2, 0.25) is 0 Å². The molecule has 0 radical (unpaired) electrons. The molecule has 0 aliphatic heterocycles. The van der Waals surface area contributed by atoms with Crippen LogP contribution in [0.15, 0.2) is 34.1 Å². The van der Waals surface area contributed by atoms with Gasteiger partial charge in [-0.3, -0.25) is 4.79 Å². The number of aromatic nitrogens is 2. The standard InChI is InChI=1S/C16H17N3O2S/c1-10-5-2-3-7-12(10)17-14(20)9-22-15-11-6-4-8-13(11)18-16(21)19-15/h2-3,5,7H,4,6,8-9H2,1H3,(H,17,20)(H,18,19,21). The van der Waals surface area contributed by atoms with Crippen molar-refractivity contribution in [3.8, 4) is 0 Å². The van der Waals surface area contributed by atoms with Gasteiger partial charge in [-0.25, -0.2) is 4.79 Å². The first-order valence-corrected chi connectivity index (χ1v) is 8.22. The predicted octanol–water partition coefficient (Wildman–Crippen LogP) is 2.30. The Kier molecular flexibility index (Phi) is 4.29. The Hall–Kier alpha value is -2.08. The smallest absolute Gasteiger partial charge is 0.325 e. The van der Waals surface area contributed by atoms with Gasteiger partial charge in [0.2, 0.25) is 5.91 Å². The average Bonchev–Trinajstić information content (AvgIpc) is 2.95. The maximum absolute atomic E-state index is 12.1. The number of para-hydroxylation sites is 1. The van der Waals surface area contributed by atoms with E-state index in [0.717, 1.165) is 41.8 Å². The minimum atomic E-state index is -0.331. The predicted molar refractivity (Wildman–Crippen MR) is 87.4 cm³/mol. The summed E-state index contributed by atoms with van der Waals surface area (Å²) in [6, 6.07) is 7.65. The first kappa shape index (κ1) is 14.8. The second-order valence-corrected chi connectivity index (χ2v) is 6.27. The number of thioether (sulfide) groups is 1. The van der Waals surface area contributed by atoms with Gasteiger partial charge in [0.15, 0.2) is 0 Å². The van der Waals surface area contributed by atoms with Gasteiger partial charge in [0.1, 0.15) is 5.03 Å². The third kappa shape index (κ3) is 3.22. The number of H-pyrrole nitrogens is 1. The van der Waals surface area contributed by atoms with E-state index >= 15 is 0 Å². The summed E-state index contributed by atoms with van der Waals surface area (Å²) < 4.78 is 0. The molecule has 6 heteroatoms. The van der Waals surface area contributed by atoms with Gasteiger partial charge in [-0.2, -0.15) is 4.98 Å². The SMILES string of the molecule is Cc1ccccc1NC(=O)CSc1nc(=O)[nH]c2c1CCC2. The number of nitrogens with one attached hydrogen (secondary N) is 2. The molecule has 114 valence electrons. The molecule has 0 spiro atoms. The fourth-order valence-electron chi connectivity index (χ4n) is 2.59. The summed E-state index contributed by atoms with van der Waals surface area (Å²) in [5.41, 5.74) is 3.57. The van der Waals surface area contributed by atoms with Crippen LogP contribution in [-0.2, 0) is 17.6 Å². The normalized spacial score (nSPS) is 13.0. The van der Waals surface area contributed by atoms with E-state index in [1.54, 1.807) is 0 Å². The second-order valence-electron chi connectivity index (χ2n) is 5.31. The second kappa shape index (κ2) is 6.36. The summed E-state index contributed by atoms with van der Waals surface area (Å²) in [7, 11) is 0. The lowest BCUT2D eigenvalue weighted by molar-refractivity contribution is -0.113. The molecule has 0 bridgehead atoms. The number of benzene rings is 1. The van der Waals surface area contributed by atoms with Crippen molar-refractivity contribution in [2.75, 3.05) is 11.1 Å². The molecular weight excluding hydrogens is 298 g/mol. The lowest BCUT2D eigenvalue weighted by Crippen LogP contribution is -2.17. The number of hydrogen-bond donors (Lipinski definition) is 2. The van der Waals surface area contributed by atoms with Crippen LogP contribution in [0.4, 0.5) is 5.69 Å². The summed E-state index contributed by atoms with van der Waals surface area (Å²) in [4.78, 5) is 30.4. The topological polar surface area (TPSA) is 74.8 Å². The van der Waals surface area contributed by atoms with Crippen LogP contribution in [0, 0.1) is 6.92 Å². The number of carbonyl (C=O) groups is 1. The lowest BCUT2D eigenvalue weighted by Gasteiger charge is -2.09. The Morgan fingerprint density at radius 2 is 2.18 bits per heavy atom. The van der Waals surface area contributed by atoms with E-state index in [1.165, 1.54) is 11.8 Å². The van der Waals surface area contributed by atoms with E-state index in [1.807, 2.05) is 31.2 Å². The van der Waals surface area contributed by atoms with Gasteiger partial charge in [-0.1, -0.05) is 30.0 Å². The van der Waals surface area contributed by atoms with Crippen LogP contribution in [0.25, 0.3) is 0 Å². The summed E-state index contributed by atoms with van der Waals surface area (Å²) in [6.45, 7) is 1.95. The van der Waals surface area contributed by atoms with Crippen LogP contribution in [-0.4, -0.2) is 21.6 Å². The van der Waals surface area contributed by atoms with Crippen molar-refractivity contribution in [1.29, 1.82) is 0 Å². The maximum Gasteiger partial charge on any atom is 0.346 e. The molecule has 1 amide bonds. The molecule has 1 aromatic carbocycles. The highest BCUT2D eigenvalue weighted by Crippen LogP contribution is 2.27. The third-order valence-corrected chi connectivity index (χ3v) is 4.71. The largest absolute Gasteiger partial charge is 0.346 e. The number of fused-ring (bicyclic) bond motifs is 1. The Balaban J connectivity index is 1.67. The highest BCUT2D eigenvalue weighted by Gasteiger charge is 2.18. The van der Waals surface area contributed by atoms with Gasteiger partial charge >= 0.3 is 5.69 Å². The molecule has 0 fully saturated rings. The molecule has 0 saturated heterocycles. The number of aromatic amines is 1. The van der Waals surface area contributed by atoms with E-state index in [9.17, 15) is 9.59 Å². The van der Waals surface area contributed by atoms with E-state index in [0.29, 0.717) is 5.03 Å². The summed E-state index contributed by atoms with van der Waals surface area (Å²) in [6.07, 6.45) is 2.83. The molecule has 0 saturated carbocycles. The molecule has 2 aromatic rings. The Labute approximate surface area is 132 Å². The van der Waals surface area contributed by atoms with Crippen molar-refractivity contribution < 1.29 is 4.79 Å². The molecule has 0 unspecified atom stereocenters. The fraction of sp³-hybridized carbons (Fsp3) is 0.312. The molecule has 1 aliphatic rings. The molecule has 22 heavy (non-hydrogen) atoms. The summed E-state index contributed by atoms with van der Waals surface area (Å²) in [5, 5.41) is 3.58. The zero-order chi connectivity index (χ0) is 15.5. The van der Waals surface area contributed by atoms with Crippen LogP contribution in [0.1, 0.15) is 23.2 Å². The maximum atomic E-state index is 12.1. The molecular formula is C16H17N3O2S. The molecule has 1 heterocycles. The molecule has 1 aromatic heterocycles. The molecule has 5 nitrogen and oxygen atoms in total. The monoisotopic (exact) mass is 315 g/mol. The van der Waals surface area contributed by atoms with Crippen molar-refractivity contribution in [1.82, 2.24) is 9.97 Å². The zero-order valence-electron chi connectivity index (χ0n) is 12.3. The Bertz CT molecular complexity index is 770. The van der Waals surface area contributed by atoms with Crippen molar-refractivity contribution in [3.63, 3.8) is 0 Å². The van der Waals surface area contributed by atoms with E-state index < -0.39 is 0 Å². The van der Waals surface area contributed by atoms with E-state index in [2.05, 4.69) is 15.3 Å². The molecule has 0 atom stereocenters. The first-order valence-electron chi connectivity index (χ1n) is 7.24. The number of hydrogen-bond acceptors (Lipinski definition) is 4. The number of anilines is 1. The zero-order valence-corrected chi connectivity index (χ0v) is 13.1. The highest BCUT2D eigenvalue weighted by atomic mass is 32.2. The summed E-state index contributed by atoms with van der Waals surface area (Å²) >= 11 is 1.33. The quantitative estimate of drug-likeness (QED) is 0.670. The average molecular weight is 315 g/mol. The number of amides is 1. The minimum Gasteiger partial charge on any atom is -0.325 e. The van der Waals surface area contributed by atoms with Gasteiger partial charge in [0, 0.05) is 16.9 Å². The molecule has 3 rings (SSSR count). The van der Waals surface area contributed by atoms with Crippen molar-refractivity contribution >= 4 is 23.4 Å². The third-order valence-electron chi connectivity index (χ3n) is 3.70. The lowest BCUT2D eigenvalue weighted by atomic mass is 10.2. The van der Waals surface area contributed by atoms with E-state index in [4.69, 9.17) is 0 Å². The molecule has 2 N–H and O–H groups in total. The van der Waals surface area contributed by atoms with Crippen LogP contribution in [0.3, 0.4) is 0 Å². The Morgan fingerprint density at radius 3 is 3.00 bits per heavy atom. The van der Waals surface area contributed by atoms with Gasteiger partial charge in [0.05, 0.1) is 5.75 Å². The number of rotatable bonds is 4. The van der Waals surface area contributed by atoms with Crippen molar-refractivity contribution in [3.05, 3.63) is 51.6 Å². The highest BCUT2D eigenvalue weighted by molar-refractivity contribution is 8.00. The van der Waals surface area contributed by atoms with Gasteiger partial charge < -0.3 is 10.3 Å². The number of aryl methyl sites for hydroxylation is 2. The molecule has 1 aliphatic carbocycles. The van der Waals surface area contributed by atoms with Crippen LogP contribution >= 0.6 is 11.8 Å². The Morgan fingerprint density at radius 1 is 1.36 bits per heavy atom. The van der Waals surface area contributed by atoms with Crippen LogP contribution < -0.4 is 11.0 Å². The van der Waals surface area contributed by atoms with Gasteiger partial charge in [-0.05, 0) is 37.8 Å². The van der Waals surface area contributed by atoms with Gasteiger partial charge in [0.25, 0.3) is 0 Å². The van der Waals surface area contributed by atoms with Crippen molar-refractivity contribution in [2.45, 2.75) is 31.2 Å². The van der Waals surface area contributed by atoms with E-state index in [-0.39, 0.29) is 17.3 Å². The van der Waals surface area contributed by atoms with Crippen molar-refractivity contribution in [2.24, 2.45) is 0 Å².